The first-order valence-corrected chi connectivity index (χ1v) is 5.54. The van der Waals surface area contributed by atoms with Crippen LogP contribution in [0.25, 0.3) is 0 Å². The molecule has 3 nitrogen and oxygen atoms in total. The van der Waals surface area contributed by atoms with E-state index in [1.54, 1.807) is 11.8 Å². The molecule has 0 aromatic heterocycles. The molecule has 0 fully saturated rings. The number of amides is 1. The minimum atomic E-state index is -0.369. The quantitative estimate of drug-likeness (QED) is 0.736. The van der Waals surface area contributed by atoms with Gasteiger partial charge in [-0.1, -0.05) is 12.1 Å². The molecule has 0 bridgehead atoms. The van der Waals surface area contributed by atoms with E-state index in [1.165, 1.54) is 4.90 Å². The topological polar surface area (TPSA) is 69.1 Å². The van der Waals surface area contributed by atoms with Gasteiger partial charge in [0.05, 0.1) is 0 Å². The van der Waals surface area contributed by atoms with Crippen LogP contribution in [0.1, 0.15) is 18.0 Å². The minimum absolute atomic E-state index is 0.193. The summed E-state index contributed by atoms with van der Waals surface area (Å²) in [5, 5.41) is 0. The number of hydrogen-bond donors (Lipinski definition) is 2. The van der Waals surface area contributed by atoms with E-state index in [-0.39, 0.29) is 18.4 Å². The molecule has 0 radical (unpaired) electrons. The molecular weight excluding hydrogens is 196 g/mol. The Hall–Kier alpha value is -1.00. The molecule has 0 saturated heterocycles. The summed E-state index contributed by atoms with van der Waals surface area (Å²) in [6.45, 7) is 0. The van der Waals surface area contributed by atoms with Gasteiger partial charge in [0.2, 0.25) is 5.91 Å². The van der Waals surface area contributed by atoms with Gasteiger partial charge in [0.25, 0.3) is 0 Å². The number of nitrogens with two attached hydrogens (primary N) is 2. The Kier molecular flexibility index (Phi) is 3.98. The molecule has 0 aliphatic rings. The molecule has 0 aliphatic carbocycles. The first-order chi connectivity index (χ1) is 6.63. The fraction of sp³-hybridized carbons (Fsp3) is 0.300. The van der Waals surface area contributed by atoms with Crippen molar-refractivity contribution >= 4 is 17.7 Å². The van der Waals surface area contributed by atoms with Crippen molar-refractivity contribution in [3.63, 3.8) is 0 Å². The van der Waals surface area contributed by atoms with Crippen LogP contribution in [0.3, 0.4) is 0 Å². The molecule has 0 saturated carbocycles. The van der Waals surface area contributed by atoms with Gasteiger partial charge >= 0.3 is 0 Å². The van der Waals surface area contributed by atoms with Gasteiger partial charge in [-0.05, 0) is 24.0 Å². The SMILES string of the molecule is CSc1ccc([C@@H](N)CC(N)=O)cc1. The standard InChI is InChI=1S/C10H14N2OS/c1-14-8-4-2-7(3-5-8)9(11)6-10(12)13/h2-5,9H,6,11H2,1H3,(H2,12,13)/t9-/m0/s1. The highest BCUT2D eigenvalue weighted by molar-refractivity contribution is 7.98. The van der Waals surface area contributed by atoms with Crippen molar-refractivity contribution in [2.75, 3.05) is 6.26 Å². The van der Waals surface area contributed by atoms with Gasteiger partial charge in [-0.25, -0.2) is 0 Å². The van der Waals surface area contributed by atoms with E-state index in [4.69, 9.17) is 11.5 Å². The number of thioether (sulfide) groups is 1. The van der Waals surface area contributed by atoms with E-state index in [0.29, 0.717) is 0 Å². The van der Waals surface area contributed by atoms with Crippen LogP contribution in [0.15, 0.2) is 29.2 Å². The van der Waals surface area contributed by atoms with Crippen LogP contribution in [0.5, 0.6) is 0 Å². The van der Waals surface area contributed by atoms with E-state index in [0.717, 1.165) is 5.56 Å². The van der Waals surface area contributed by atoms with Gasteiger partial charge in [-0.15, -0.1) is 11.8 Å². The highest BCUT2D eigenvalue weighted by atomic mass is 32.2. The fourth-order valence-corrected chi connectivity index (χ4v) is 1.59. The molecule has 1 amide bonds. The van der Waals surface area contributed by atoms with Crippen LogP contribution < -0.4 is 11.5 Å². The third-order valence-electron chi connectivity index (χ3n) is 1.97. The monoisotopic (exact) mass is 210 g/mol. The Morgan fingerprint density at radius 2 is 2.00 bits per heavy atom. The summed E-state index contributed by atoms with van der Waals surface area (Å²) in [4.78, 5) is 11.8. The van der Waals surface area contributed by atoms with Crippen molar-refractivity contribution in [2.45, 2.75) is 17.4 Å². The number of hydrogen-bond acceptors (Lipinski definition) is 3. The lowest BCUT2D eigenvalue weighted by atomic mass is 10.0. The Labute approximate surface area is 87.9 Å². The Morgan fingerprint density at radius 1 is 1.43 bits per heavy atom. The molecule has 0 heterocycles. The maximum absolute atomic E-state index is 10.6. The largest absolute Gasteiger partial charge is 0.370 e. The first-order valence-electron chi connectivity index (χ1n) is 4.31. The molecule has 4 heteroatoms. The molecule has 1 rings (SSSR count). The fourth-order valence-electron chi connectivity index (χ4n) is 1.19. The van der Waals surface area contributed by atoms with Crippen LogP contribution in [-0.4, -0.2) is 12.2 Å². The average molecular weight is 210 g/mol. The van der Waals surface area contributed by atoms with E-state index >= 15 is 0 Å². The molecule has 0 unspecified atom stereocenters. The maximum Gasteiger partial charge on any atom is 0.219 e. The van der Waals surface area contributed by atoms with Gasteiger partial charge in [-0.2, -0.15) is 0 Å². The summed E-state index contributed by atoms with van der Waals surface area (Å²) in [7, 11) is 0. The molecule has 14 heavy (non-hydrogen) atoms. The third-order valence-corrected chi connectivity index (χ3v) is 2.71. The molecular formula is C10H14N2OS. The average Bonchev–Trinajstić information content (AvgIpc) is 2.17. The highest BCUT2D eigenvalue weighted by Crippen LogP contribution is 2.19. The smallest absolute Gasteiger partial charge is 0.219 e. The molecule has 0 spiro atoms. The zero-order chi connectivity index (χ0) is 10.6. The molecule has 4 N–H and O–H groups in total. The zero-order valence-electron chi connectivity index (χ0n) is 8.07. The summed E-state index contributed by atoms with van der Waals surface area (Å²) in [6.07, 6.45) is 2.21. The van der Waals surface area contributed by atoms with Gasteiger partial charge in [0.1, 0.15) is 0 Å². The van der Waals surface area contributed by atoms with Crippen molar-refractivity contribution in [1.82, 2.24) is 0 Å². The van der Waals surface area contributed by atoms with E-state index in [1.807, 2.05) is 30.5 Å². The zero-order valence-corrected chi connectivity index (χ0v) is 8.88. The van der Waals surface area contributed by atoms with E-state index < -0.39 is 0 Å². The van der Waals surface area contributed by atoms with Crippen LogP contribution in [0, 0.1) is 0 Å². The summed E-state index contributed by atoms with van der Waals surface area (Å²) >= 11 is 1.67. The van der Waals surface area contributed by atoms with Crippen LogP contribution in [-0.2, 0) is 4.79 Å². The second-order valence-electron chi connectivity index (χ2n) is 3.05. The second-order valence-corrected chi connectivity index (χ2v) is 3.93. The van der Waals surface area contributed by atoms with Crippen molar-refractivity contribution in [2.24, 2.45) is 11.5 Å². The lowest BCUT2D eigenvalue weighted by Crippen LogP contribution is -2.20. The number of carbonyl (C=O) groups excluding carboxylic acids is 1. The summed E-state index contributed by atoms with van der Waals surface area (Å²) in [6, 6.07) is 7.55. The molecule has 76 valence electrons. The lowest BCUT2D eigenvalue weighted by molar-refractivity contribution is -0.118. The third kappa shape index (κ3) is 3.05. The van der Waals surface area contributed by atoms with Crippen molar-refractivity contribution in [1.29, 1.82) is 0 Å². The Balaban J connectivity index is 2.71. The second kappa shape index (κ2) is 5.02. The molecule has 1 aromatic carbocycles. The predicted octanol–water partition coefficient (Wildman–Crippen LogP) is 1.28. The minimum Gasteiger partial charge on any atom is -0.370 e. The number of benzene rings is 1. The molecule has 1 aromatic rings. The van der Waals surface area contributed by atoms with Crippen molar-refractivity contribution < 1.29 is 4.79 Å². The highest BCUT2D eigenvalue weighted by Gasteiger charge is 2.08. The molecule has 1 atom stereocenters. The van der Waals surface area contributed by atoms with Crippen LogP contribution in [0.2, 0.25) is 0 Å². The summed E-state index contributed by atoms with van der Waals surface area (Å²) < 4.78 is 0. The van der Waals surface area contributed by atoms with Gasteiger partial charge < -0.3 is 11.5 Å². The number of primary amides is 1. The van der Waals surface area contributed by atoms with Crippen molar-refractivity contribution in [3.8, 4) is 0 Å². The summed E-state index contributed by atoms with van der Waals surface area (Å²) in [5.74, 6) is -0.369. The van der Waals surface area contributed by atoms with Crippen LogP contribution >= 0.6 is 11.8 Å². The lowest BCUT2D eigenvalue weighted by Gasteiger charge is -2.09. The molecule has 0 aliphatic heterocycles. The van der Waals surface area contributed by atoms with Crippen LogP contribution in [0.4, 0.5) is 0 Å². The number of rotatable bonds is 4. The van der Waals surface area contributed by atoms with E-state index in [2.05, 4.69) is 0 Å². The summed E-state index contributed by atoms with van der Waals surface area (Å²) in [5.41, 5.74) is 11.8. The Bertz CT molecular complexity index is 310. The normalized spacial score (nSPS) is 12.4. The Morgan fingerprint density at radius 3 is 2.43 bits per heavy atom. The van der Waals surface area contributed by atoms with Crippen molar-refractivity contribution in [3.05, 3.63) is 29.8 Å². The van der Waals surface area contributed by atoms with Gasteiger partial charge in [-0.3, -0.25) is 4.79 Å². The van der Waals surface area contributed by atoms with Gasteiger partial charge in [0, 0.05) is 17.4 Å². The maximum atomic E-state index is 10.6. The predicted molar refractivity (Wildman–Crippen MR) is 59.0 cm³/mol. The first kappa shape index (κ1) is 11.1. The van der Waals surface area contributed by atoms with Gasteiger partial charge in [0.15, 0.2) is 0 Å². The van der Waals surface area contributed by atoms with E-state index in [9.17, 15) is 4.79 Å². The number of carbonyl (C=O) groups is 1.